The van der Waals surface area contributed by atoms with E-state index in [1.165, 1.54) is 24.0 Å². The highest BCUT2D eigenvalue weighted by Crippen LogP contribution is 2.41. The van der Waals surface area contributed by atoms with Crippen molar-refractivity contribution in [2.45, 2.75) is 25.7 Å². The topological polar surface area (TPSA) is 0 Å². The third-order valence-corrected chi connectivity index (χ3v) is 2.35. The Balaban J connectivity index is 2.39. The summed E-state index contributed by atoms with van der Waals surface area (Å²) in [4.78, 5) is 0. The Labute approximate surface area is 68.3 Å². The van der Waals surface area contributed by atoms with E-state index in [1.807, 2.05) is 0 Å². The Morgan fingerprint density at radius 3 is 2.64 bits per heavy atom. The van der Waals surface area contributed by atoms with Crippen LogP contribution in [0.3, 0.4) is 0 Å². The second-order valence-electron chi connectivity index (χ2n) is 3.47. The molecule has 2 rings (SSSR count). The molecule has 1 aliphatic carbocycles. The van der Waals surface area contributed by atoms with Gasteiger partial charge in [0, 0.05) is 0 Å². The van der Waals surface area contributed by atoms with Gasteiger partial charge in [0.1, 0.15) is 0 Å². The normalized spacial score (nSPS) is 16.9. The summed E-state index contributed by atoms with van der Waals surface area (Å²) in [5.74, 6) is 0.871. The zero-order chi connectivity index (χ0) is 7.84. The summed E-state index contributed by atoms with van der Waals surface area (Å²) in [6, 6.07) is 6.52. The number of rotatable bonds is 1. The van der Waals surface area contributed by atoms with Crippen LogP contribution in [-0.4, -0.2) is 0 Å². The van der Waals surface area contributed by atoms with Gasteiger partial charge in [0.05, 0.1) is 0 Å². The van der Waals surface area contributed by atoms with Crippen molar-refractivity contribution in [2.75, 3.05) is 0 Å². The lowest BCUT2D eigenvalue weighted by Crippen LogP contribution is -1.85. The molecule has 0 heteroatoms. The smallest absolute Gasteiger partial charge is 0.0159 e. The van der Waals surface area contributed by atoms with Gasteiger partial charge in [0.25, 0.3) is 0 Å². The summed E-state index contributed by atoms with van der Waals surface area (Å²) in [5, 5.41) is 0. The monoisotopic (exact) mass is 145 g/mol. The molecule has 1 aromatic rings. The Morgan fingerprint density at radius 1 is 1.36 bits per heavy atom. The molecule has 1 fully saturated rings. The molecule has 0 heterocycles. The summed E-state index contributed by atoms with van der Waals surface area (Å²) in [6.45, 7) is 6.09. The molecular weight excluding hydrogens is 132 g/mol. The summed E-state index contributed by atoms with van der Waals surface area (Å²) in [6.07, 6.45) is 2.77. The highest BCUT2D eigenvalue weighted by Gasteiger charge is 2.24. The van der Waals surface area contributed by atoms with Crippen LogP contribution < -0.4 is 0 Å². The molecule has 0 unspecified atom stereocenters. The van der Waals surface area contributed by atoms with E-state index in [-0.39, 0.29) is 0 Å². The van der Waals surface area contributed by atoms with Crippen LogP contribution >= 0.6 is 0 Å². The highest BCUT2D eigenvalue weighted by molar-refractivity contribution is 5.36. The average Bonchev–Trinajstić information content (AvgIpc) is 2.70. The van der Waals surface area contributed by atoms with Crippen LogP contribution in [0, 0.1) is 13.8 Å². The van der Waals surface area contributed by atoms with Gasteiger partial charge in [-0.2, -0.15) is 0 Å². The van der Waals surface area contributed by atoms with Gasteiger partial charge in [-0.05, 0) is 49.3 Å². The number of hydrogen-bond acceptors (Lipinski definition) is 0. The molecule has 57 valence electrons. The van der Waals surface area contributed by atoms with Crippen molar-refractivity contribution in [3.63, 3.8) is 0 Å². The minimum Gasteiger partial charge on any atom is -0.0587 e. The van der Waals surface area contributed by atoms with Crippen molar-refractivity contribution < 1.29 is 0 Å². The van der Waals surface area contributed by atoms with E-state index >= 15 is 0 Å². The molecule has 0 spiro atoms. The first-order valence-corrected chi connectivity index (χ1v) is 4.20. The summed E-state index contributed by atoms with van der Waals surface area (Å²) in [7, 11) is 0. The maximum Gasteiger partial charge on any atom is -0.0159 e. The van der Waals surface area contributed by atoms with E-state index in [4.69, 9.17) is 0 Å². The Kier molecular flexibility index (Phi) is 1.49. The summed E-state index contributed by atoms with van der Waals surface area (Å²) in [5.41, 5.74) is 4.09. The molecule has 1 radical (unpaired) electrons. The van der Waals surface area contributed by atoms with Gasteiger partial charge in [-0.25, -0.2) is 0 Å². The van der Waals surface area contributed by atoms with Gasteiger partial charge in [-0.15, -0.1) is 0 Å². The lowest BCUT2D eigenvalue weighted by Gasteiger charge is -2.03. The number of benzene rings is 1. The van der Waals surface area contributed by atoms with E-state index in [9.17, 15) is 0 Å². The van der Waals surface area contributed by atoms with Gasteiger partial charge in [0.2, 0.25) is 0 Å². The minimum absolute atomic E-state index is 0.871. The fraction of sp³-hybridized carbons (Fsp3) is 0.364. The molecule has 0 N–H and O–H groups in total. The third-order valence-electron chi connectivity index (χ3n) is 2.35. The Hall–Kier alpha value is -0.780. The van der Waals surface area contributed by atoms with Crippen molar-refractivity contribution >= 4 is 0 Å². The first-order chi connectivity index (χ1) is 5.27. The molecule has 0 aromatic heterocycles. The van der Waals surface area contributed by atoms with E-state index in [1.54, 1.807) is 0 Å². The molecule has 1 saturated carbocycles. The number of aryl methyl sites for hydroxylation is 1. The molecular formula is C11H13. The van der Waals surface area contributed by atoms with Crippen molar-refractivity contribution in [1.82, 2.24) is 0 Å². The SMILES string of the molecule is [CH2]c1ccc(C2CC2)c(C)c1. The largest absolute Gasteiger partial charge is 0.0587 e. The second-order valence-corrected chi connectivity index (χ2v) is 3.47. The van der Waals surface area contributed by atoms with Crippen molar-refractivity contribution in [1.29, 1.82) is 0 Å². The zero-order valence-electron chi connectivity index (χ0n) is 6.93. The van der Waals surface area contributed by atoms with Crippen LogP contribution in [0.2, 0.25) is 0 Å². The van der Waals surface area contributed by atoms with Gasteiger partial charge in [-0.3, -0.25) is 0 Å². The first-order valence-electron chi connectivity index (χ1n) is 4.20. The van der Waals surface area contributed by atoms with Crippen LogP contribution in [0.4, 0.5) is 0 Å². The van der Waals surface area contributed by atoms with E-state index in [2.05, 4.69) is 32.0 Å². The average molecular weight is 145 g/mol. The van der Waals surface area contributed by atoms with Gasteiger partial charge < -0.3 is 0 Å². The van der Waals surface area contributed by atoms with Crippen LogP contribution in [0.5, 0.6) is 0 Å². The van der Waals surface area contributed by atoms with E-state index in [0.29, 0.717) is 0 Å². The molecule has 0 nitrogen and oxygen atoms in total. The van der Waals surface area contributed by atoms with Crippen molar-refractivity contribution in [3.05, 3.63) is 41.8 Å². The van der Waals surface area contributed by atoms with Gasteiger partial charge in [-0.1, -0.05) is 18.2 Å². The Bertz CT molecular complexity index is 269. The highest BCUT2D eigenvalue weighted by atomic mass is 14.3. The molecule has 1 aromatic carbocycles. The molecule has 0 aliphatic heterocycles. The molecule has 0 bridgehead atoms. The zero-order valence-corrected chi connectivity index (χ0v) is 6.93. The van der Waals surface area contributed by atoms with Gasteiger partial charge >= 0.3 is 0 Å². The molecule has 11 heavy (non-hydrogen) atoms. The summed E-state index contributed by atoms with van der Waals surface area (Å²) >= 11 is 0. The molecule has 0 amide bonds. The fourth-order valence-electron chi connectivity index (χ4n) is 1.59. The van der Waals surface area contributed by atoms with Crippen molar-refractivity contribution in [2.24, 2.45) is 0 Å². The van der Waals surface area contributed by atoms with E-state index < -0.39 is 0 Å². The van der Waals surface area contributed by atoms with E-state index in [0.717, 1.165) is 11.5 Å². The van der Waals surface area contributed by atoms with Crippen LogP contribution in [0.15, 0.2) is 18.2 Å². The van der Waals surface area contributed by atoms with Crippen LogP contribution in [0.1, 0.15) is 35.4 Å². The fourth-order valence-corrected chi connectivity index (χ4v) is 1.59. The Morgan fingerprint density at radius 2 is 2.09 bits per heavy atom. The lowest BCUT2D eigenvalue weighted by molar-refractivity contribution is 1.10. The molecule has 0 atom stereocenters. The number of hydrogen-bond donors (Lipinski definition) is 0. The standard InChI is InChI=1S/C11H13/c1-8-3-6-11(9(2)7-8)10-4-5-10/h3,6-7,10H,1,4-5H2,2H3. The maximum atomic E-state index is 3.90. The van der Waals surface area contributed by atoms with Crippen LogP contribution in [-0.2, 0) is 0 Å². The van der Waals surface area contributed by atoms with Crippen molar-refractivity contribution in [3.8, 4) is 0 Å². The predicted molar refractivity (Wildman–Crippen MR) is 47.6 cm³/mol. The lowest BCUT2D eigenvalue weighted by atomic mass is 10.0. The van der Waals surface area contributed by atoms with Gasteiger partial charge in [0.15, 0.2) is 0 Å². The minimum atomic E-state index is 0.871. The van der Waals surface area contributed by atoms with Crippen LogP contribution in [0.25, 0.3) is 0 Å². The first kappa shape index (κ1) is 6.90. The molecule has 0 saturated heterocycles. The third kappa shape index (κ3) is 1.30. The molecule has 1 aliphatic rings. The second kappa shape index (κ2) is 2.37. The quantitative estimate of drug-likeness (QED) is 0.569. The predicted octanol–water partition coefficient (Wildman–Crippen LogP) is 3.05. The summed E-state index contributed by atoms with van der Waals surface area (Å²) < 4.78 is 0. The maximum absolute atomic E-state index is 3.90.